The highest BCUT2D eigenvalue weighted by Gasteiger charge is 2.58. The summed E-state index contributed by atoms with van der Waals surface area (Å²) in [7, 11) is 0. The molecular formula is C20H21F3N6O3. The van der Waals surface area contributed by atoms with Crippen molar-refractivity contribution in [1.82, 2.24) is 31.3 Å². The predicted octanol–water partition coefficient (Wildman–Crippen LogP) is 1.45. The van der Waals surface area contributed by atoms with E-state index in [1.807, 2.05) is 0 Å². The number of alkyl halides is 3. The molecule has 0 aliphatic carbocycles. The number of hydrogen-bond donors (Lipinski definition) is 3. The molecule has 1 aromatic heterocycles. The summed E-state index contributed by atoms with van der Waals surface area (Å²) in [5.74, 6) is -1.52. The molecule has 2 fully saturated rings. The van der Waals surface area contributed by atoms with Crippen LogP contribution >= 0.6 is 0 Å². The first-order valence-corrected chi connectivity index (χ1v) is 10.2. The summed E-state index contributed by atoms with van der Waals surface area (Å²) in [6.45, 7) is 3.13. The lowest BCUT2D eigenvalue weighted by atomic mass is 9.89. The summed E-state index contributed by atoms with van der Waals surface area (Å²) in [6, 6.07) is 6.07. The molecule has 0 saturated carbocycles. The molecule has 1 aromatic carbocycles. The van der Waals surface area contributed by atoms with Gasteiger partial charge in [-0.2, -0.15) is 13.2 Å². The second-order valence-electron chi connectivity index (χ2n) is 7.88. The number of halogens is 3. The lowest BCUT2D eigenvalue weighted by Gasteiger charge is -2.34. The molecular weight excluding hydrogens is 429 g/mol. The Morgan fingerprint density at radius 2 is 1.97 bits per heavy atom. The Morgan fingerprint density at radius 1 is 1.19 bits per heavy atom. The molecule has 3 aliphatic heterocycles. The van der Waals surface area contributed by atoms with Crippen molar-refractivity contribution in [2.75, 3.05) is 19.8 Å². The van der Waals surface area contributed by atoms with Crippen LogP contribution in [0.1, 0.15) is 36.2 Å². The Hall–Kier alpha value is -2.96. The molecule has 2 aromatic rings. The number of carbonyl (C=O) groups is 1. The van der Waals surface area contributed by atoms with Crippen molar-refractivity contribution in [2.45, 2.75) is 37.3 Å². The maximum absolute atomic E-state index is 13.9. The summed E-state index contributed by atoms with van der Waals surface area (Å²) in [4.78, 5) is 13.3. The zero-order chi connectivity index (χ0) is 22.5. The van der Waals surface area contributed by atoms with E-state index in [0.717, 1.165) is 5.01 Å². The van der Waals surface area contributed by atoms with Crippen molar-refractivity contribution < 1.29 is 27.1 Å². The minimum Gasteiger partial charge on any atom is -0.419 e. The van der Waals surface area contributed by atoms with Gasteiger partial charge in [0.2, 0.25) is 5.89 Å². The van der Waals surface area contributed by atoms with Crippen LogP contribution in [0.4, 0.5) is 13.2 Å². The van der Waals surface area contributed by atoms with Gasteiger partial charge < -0.3 is 19.8 Å². The summed E-state index contributed by atoms with van der Waals surface area (Å²) in [5, 5.41) is 15.2. The van der Waals surface area contributed by atoms with Crippen molar-refractivity contribution >= 4 is 11.5 Å². The molecule has 5 rings (SSSR count). The number of fused-ring (bicyclic) bond motifs is 1. The topological polar surface area (TPSA) is 105 Å². The number of carbonyl (C=O) groups excluding carboxylic acids is 1. The quantitative estimate of drug-likeness (QED) is 0.646. The zero-order valence-corrected chi connectivity index (χ0v) is 17.0. The Balaban J connectivity index is 1.48. The van der Waals surface area contributed by atoms with Crippen LogP contribution in [0.25, 0.3) is 5.57 Å². The van der Waals surface area contributed by atoms with Crippen LogP contribution in [-0.2, 0) is 9.53 Å². The zero-order valence-electron chi connectivity index (χ0n) is 17.0. The predicted molar refractivity (Wildman–Crippen MR) is 104 cm³/mol. The number of ether oxygens (including phenoxy) is 1. The second-order valence-corrected chi connectivity index (χ2v) is 7.88. The van der Waals surface area contributed by atoms with Crippen LogP contribution in [0.15, 0.2) is 40.4 Å². The molecule has 170 valence electrons. The molecule has 12 heteroatoms. The van der Waals surface area contributed by atoms with E-state index in [0.29, 0.717) is 31.0 Å². The number of amides is 1. The third-order valence-electron chi connectivity index (χ3n) is 5.84. The Kier molecular flexibility index (Phi) is 5.14. The first-order chi connectivity index (χ1) is 15.3. The molecule has 9 nitrogen and oxygen atoms in total. The molecule has 4 heterocycles. The second kappa shape index (κ2) is 7.87. The van der Waals surface area contributed by atoms with E-state index in [4.69, 9.17) is 9.15 Å². The van der Waals surface area contributed by atoms with Crippen LogP contribution in [0.3, 0.4) is 0 Å². The highest BCUT2D eigenvalue weighted by Crippen LogP contribution is 2.42. The smallest absolute Gasteiger partial charge is 0.406 e. The first-order valence-electron chi connectivity index (χ1n) is 10.2. The number of hydrazine groups is 1. The number of nitrogens with one attached hydrogen (secondary N) is 3. The molecule has 4 unspecified atom stereocenters. The fraction of sp³-hybridized carbons (Fsp3) is 0.450. The third-order valence-corrected chi connectivity index (χ3v) is 5.84. The largest absolute Gasteiger partial charge is 0.419 e. The summed E-state index contributed by atoms with van der Waals surface area (Å²) >= 11 is 0. The molecule has 3 N–H and O–H groups in total. The van der Waals surface area contributed by atoms with Gasteiger partial charge in [0, 0.05) is 12.2 Å². The van der Waals surface area contributed by atoms with Gasteiger partial charge in [-0.25, -0.2) is 10.4 Å². The summed E-state index contributed by atoms with van der Waals surface area (Å²) < 4.78 is 52.7. The van der Waals surface area contributed by atoms with Gasteiger partial charge in [-0.15, -0.1) is 10.2 Å². The van der Waals surface area contributed by atoms with Gasteiger partial charge in [0.25, 0.3) is 11.8 Å². The van der Waals surface area contributed by atoms with Crippen LogP contribution in [0.5, 0.6) is 0 Å². The molecule has 1 amide bonds. The molecule has 0 radical (unpaired) electrons. The van der Waals surface area contributed by atoms with Crippen LogP contribution in [0, 0.1) is 0 Å². The molecule has 32 heavy (non-hydrogen) atoms. The van der Waals surface area contributed by atoms with E-state index >= 15 is 0 Å². The van der Waals surface area contributed by atoms with E-state index in [1.165, 1.54) is 0 Å². The fourth-order valence-electron chi connectivity index (χ4n) is 4.35. The van der Waals surface area contributed by atoms with Crippen molar-refractivity contribution in [3.05, 3.63) is 53.4 Å². The standard InChI is InChI=1S/C20H21F3N6O3/c1-10-13(18-27-26-17(32-18)12-9-31-8-7-24-12)19(30)29-16(25-10)14(11-5-3-2-4-6-11)15(28-29)20(21,22)23/h2-6,12,14-16,24-25,28H,7-9H2,1H3. The van der Waals surface area contributed by atoms with E-state index in [-0.39, 0.29) is 23.4 Å². The summed E-state index contributed by atoms with van der Waals surface area (Å²) in [5.41, 5.74) is 3.22. The number of benzene rings is 1. The molecule has 0 bridgehead atoms. The molecule has 2 saturated heterocycles. The number of nitrogens with zero attached hydrogens (tertiary/aromatic N) is 3. The SMILES string of the molecule is CC1=C(c2nnc(C3COCCN3)o2)C(=O)N2NC(C(F)(F)F)C(c3ccccc3)C2N1. The van der Waals surface area contributed by atoms with Gasteiger partial charge in [0.05, 0.1) is 19.1 Å². The average Bonchev–Trinajstić information content (AvgIpc) is 3.40. The van der Waals surface area contributed by atoms with Gasteiger partial charge >= 0.3 is 6.18 Å². The van der Waals surface area contributed by atoms with E-state index in [2.05, 4.69) is 26.3 Å². The van der Waals surface area contributed by atoms with Crippen LogP contribution in [0.2, 0.25) is 0 Å². The molecule has 0 spiro atoms. The van der Waals surface area contributed by atoms with Gasteiger partial charge in [-0.3, -0.25) is 4.79 Å². The fourth-order valence-corrected chi connectivity index (χ4v) is 4.35. The number of morpholine rings is 1. The van der Waals surface area contributed by atoms with Crippen molar-refractivity contribution in [3.8, 4) is 0 Å². The van der Waals surface area contributed by atoms with Gasteiger partial charge in [0.1, 0.15) is 23.8 Å². The van der Waals surface area contributed by atoms with Gasteiger partial charge in [-0.05, 0) is 12.5 Å². The van der Waals surface area contributed by atoms with Crippen LogP contribution < -0.4 is 16.1 Å². The monoisotopic (exact) mass is 450 g/mol. The van der Waals surface area contributed by atoms with Gasteiger partial charge in [0.15, 0.2) is 0 Å². The third kappa shape index (κ3) is 3.53. The Morgan fingerprint density at radius 3 is 2.66 bits per heavy atom. The molecule has 4 atom stereocenters. The highest BCUT2D eigenvalue weighted by molar-refractivity contribution is 6.19. The maximum atomic E-state index is 13.9. The average molecular weight is 450 g/mol. The lowest BCUT2D eigenvalue weighted by molar-refractivity contribution is -0.161. The highest BCUT2D eigenvalue weighted by atomic mass is 19.4. The number of rotatable bonds is 3. The van der Waals surface area contributed by atoms with Crippen molar-refractivity contribution in [1.29, 1.82) is 0 Å². The minimum atomic E-state index is -4.57. The molecule has 3 aliphatic rings. The number of allylic oxidation sites excluding steroid dienone is 1. The first kappa shape index (κ1) is 20.9. The Bertz CT molecular complexity index is 1030. The maximum Gasteiger partial charge on any atom is 0.406 e. The van der Waals surface area contributed by atoms with Crippen molar-refractivity contribution in [2.24, 2.45) is 0 Å². The van der Waals surface area contributed by atoms with E-state index in [1.54, 1.807) is 37.3 Å². The van der Waals surface area contributed by atoms with E-state index < -0.39 is 30.2 Å². The van der Waals surface area contributed by atoms with Crippen molar-refractivity contribution in [3.63, 3.8) is 0 Å². The summed E-state index contributed by atoms with van der Waals surface area (Å²) in [6.07, 6.45) is -5.51. The van der Waals surface area contributed by atoms with Gasteiger partial charge in [-0.1, -0.05) is 30.3 Å². The number of aromatic nitrogens is 2. The van der Waals surface area contributed by atoms with Crippen LogP contribution in [-0.4, -0.2) is 59.3 Å². The van der Waals surface area contributed by atoms with E-state index in [9.17, 15) is 18.0 Å². The normalized spacial score (nSPS) is 28.6. The minimum absolute atomic E-state index is 0.0267. The number of hydrogen-bond acceptors (Lipinski definition) is 8. The lowest BCUT2D eigenvalue weighted by Crippen LogP contribution is -2.54. The Labute approximate surface area is 181 Å².